The molecular formula is C12H11N2O2-. The number of nitrogens with zero attached hydrogens (tertiary/aromatic N) is 1. The summed E-state index contributed by atoms with van der Waals surface area (Å²) in [5.41, 5.74) is 3.26. The lowest BCUT2D eigenvalue weighted by molar-refractivity contribution is 0.294. The van der Waals surface area contributed by atoms with Gasteiger partial charge in [-0.3, -0.25) is 0 Å². The number of benzene rings is 1. The fraction of sp³-hybridized carbons (Fsp3) is 0.0833. The molecule has 0 saturated carbocycles. The van der Waals surface area contributed by atoms with E-state index in [1.165, 1.54) is 6.20 Å². The zero-order valence-electron chi connectivity index (χ0n) is 8.59. The number of rotatable bonds is 4. The van der Waals surface area contributed by atoms with Crippen molar-refractivity contribution in [2.75, 3.05) is 5.48 Å². The molecule has 0 bridgehead atoms. The van der Waals surface area contributed by atoms with E-state index in [2.05, 4.69) is 4.98 Å². The summed E-state index contributed by atoms with van der Waals surface area (Å²) in [7, 11) is 0. The van der Waals surface area contributed by atoms with Crippen LogP contribution in [0.3, 0.4) is 0 Å². The average molecular weight is 215 g/mol. The number of hydrogen-bond acceptors (Lipinski definition) is 4. The quantitative estimate of drug-likeness (QED) is 0.796. The molecule has 4 heteroatoms. The van der Waals surface area contributed by atoms with E-state index >= 15 is 0 Å². The highest BCUT2D eigenvalue weighted by Gasteiger charge is 1.96. The lowest BCUT2D eigenvalue weighted by atomic mass is 10.2. The molecule has 1 heterocycles. The van der Waals surface area contributed by atoms with E-state index < -0.39 is 0 Å². The average Bonchev–Trinajstić information content (AvgIpc) is 2.38. The first-order chi connectivity index (χ1) is 7.88. The van der Waals surface area contributed by atoms with Gasteiger partial charge < -0.3 is 15.4 Å². The predicted molar refractivity (Wildman–Crippen MR) is 62.0 cm³/mol. The van der Waals surface area contributed by atoms with Crippen LogP contribution in [-0.2, 0) is 6.61 Å². The van der Waals surface area contributed by atoms with Crippen molar-refractivity contribution in [2.24, 2.45) is 0 Å². The molecule has 0 radical (unpaired) electrons. The van der Waals surface area contributed by atoms with Gasteiger partial charge in [0.05, 0.1) is 6.20 Å². The highest BCUT2D eigenvalue weighted by Crippen LogP contribution is 2.12. The number of anilines is 1. The van der Waals surface area contributed by atoms with Crippen molar-refractivity contribution < 1.29 is 4.74 Å². The van der Waals surface area contributed by atoms with Gasteiger partial charge >= 0.3 is 0 Å². The van der Waals surface area contributed by atoms with Crippen LogP contribution >= 0.6 is 0 Å². The van der Waals surface area contributed by atoms with Gasteiger partial charge in [-0.15, -0.1) is 0 Å². The highest BCUT2D eigenvalue weighted by atomic mass is 16.5. The molecule has 0 fully saturated rings. The van der Waals surface area contributed by atoms with Gasteiger partial charge in [0.1, 0.15) is 6.61 Å². The van der Waals surface area contributed by atoms with Crippen LogP contribution in [0, 0.1) is 5.21 Å². The summed E-state index contributed by atoms with van der Waals surface area (Å²) in [5.74, 6) is 0.503. The number of hydrogen-bond donors (Lipinski definition) is 1. The molecule has 1 aromatic carbocycles. The molecule has 1 aromatic heterocycles. The maximum absolute atomic E-state index is 10.3. The Kier molecular flexibility index (Phi) is 3.35. The first-order valence-electron chi connectivity index (χ1n) is 4.89. The van der Waals surface area contributed by atoms with Gasteiger partial charge in [-0.2, -0.15) is 0 Å². The van der Waals surface area contributed by atoms with Crippen molar-refractivity contribution >= 4 is 5.69 Å². The second-order valence-corrected chi connectivity index (χ2v) is 3.26. The van der Waals surface area contributed by atoms with Crippen molar-refractivity contribution in [3.8, 4) is 5.88 Å². The third kappa shape index (κ3) is 2.71. The van der Waals surface area contributed by atoms with Gasteiger partial charge in [-0.25, -0.2) is 4.98 Å². The Morgan fingerprint density at radius 3 is 2.56 bits per heavy atom. The van der Waals surface area contributed by atoms with Crippen molar-refractivity contribution in [2.45, 2.75) is 6.61 Å². The number of aromatic nitrogens is 1. The third-order valence-electron chi connectivity index (χ3n) is 2.08. The van der Waals surface area contributed by atoms with Crippen LogP contribution in [0.4, 0.5) is 5.69 Å². The van der Waals surface area contributed by atoms with Crippen LogP contribution in [-0.4, -0.2) is 4.98 Å². The summed E-state index contributed by atoms with van der Waals surface area (Å²) < 4.78 is 5.45. The molecule has 0 amide bonds. The molecule has 4 nitrogen and oxygen atoms in total. The standard InChI is InChI=1S/C12H11N2O2/c15-14-11-6-7-12(13-8-11)16-9-10-4-2-1-3-5-10/h1-8,14H,9H2/q-1. The van der Waals surface area contributed by atoms with E-state index in [-0.39, 0.29) is 0 Å². The van der Waals surface area contributed by atoms with E-state index in [9.17, 15) is 5.21 Å². The lowest BCUT2D eigenvalue weighted by Crippen LogP contribution is -1.97. The van der Waals surface area contributed by atoms with E-state index in [0.29, 0.717) is 18.2 Å². The Bertz CT molecular complexity index is 429. The zero-order chi connectivity index (χ0) is 11.2. The van der Waals surface area contributed by atoms with Crippen molar-refractivity contribution in [3.05, 3.63) is 59.4 Å². The summed E-state index contributed by atoms with van der Waals surface area (Å²) in [5, 5.41) is 10.3. The maximum Gasteiger partial charge on any atom is 0.213 e. The van der Waals surface area contributed by atoms with Crippen LogP contribution in [0.2, 0.25) is 0 Å². The first kappa shape index (κ1) is 10.4. The third-order valence-corrected chi connectivity index (χ3v) is 2.08. The Morgan fingerprint density at radius 1 is 1.12 bits per heavy atom. The molecule has 0 saturated heterocycles. The van der Waals surface area contributed by atoms with Crippen LogP contribution in [0.15, 0.2) is 48.7 Å². The molecule has 2 rings (SSSR count). The molecule has 0 atom stereocenters. The second-order valence-electron chi connectivity index (χ2n) is 3.26. The van der Waals surface area contributed by atoms with Gasteiger partial charge in [0.25, 0.3) is 0 Å². The number of pyridine rings is 1. The molecule has 16 heavy (non-hydrogen) atoms. The van der Waals surface area contributed by atoms with Gasteiger partial charge in [0.15, 0.2) is 0 Å². The fourth-order valence-electron chi connectivity index (χ4n) is 1.26. The molecule has 0 unspecified atom stereocenters. The predicted octanol–water partition coefficient (Wildman–Crippen LogP) is 2.57. The van der Waals surface area contributed by atoms with E-state index in [1.54, 1.807) is 17.6 Å². The topological polar surface area (TPSA) is 57.2 Å². The van der Waals surface area contributed by atoms with Gasteiger partial charge in [0, 0.05) is 11.8 Å². The summed E-state index contributed by atoms with van der Waals surface area (Å²) in [4.78, 5) is 3.98. The summed E-state index contributed by atoms with van der Waals surface area (Å²) in [6, 6.07) is 13.1. The second kappa shape index (κ2) is 5.14. The Balaban J connectivity index is 1.94. The normalized spacial score (nSPS) is 9.81. The first-order valence-corrected chi connectivity index (χ1v) is 4.89. The molecule has 0 spiro atoms. The van der Waals surface area contributed by atoms with Crippen molar-refractivity contribution in [3.63, 3.8) is 0 Å². The summed E-state index contributed by atoms with van der Waals surface area (Å²) in [6.07, 6.45) is 1.44. The van der Waals surface area contributed by atoms with Crippen LogP contribution in [0.1, 0.15) is 5.56 Å². The van der Waals surface area contributed by atoms with E-state index in [4.69, 9.17) is 4.74 Å². The van der Waals surface area contributed by atoms with Gasteiger partial charge in [-0.05, 0) is 11.6 Å². The Morgan fingerprint density at radius 2 is 1.94 bits per heavy atom. The number of nitrogens with one attached hydrogen (secondary N) is 1. The van der Waals surface area contributed by atoms with Crippen molar-refractivity contribution in [1.29, 1.82) is 0 Å². The minimum atomic E-state index is 0.423. The summed E-state index contributed by atoms with van der Waals surface area (Å²) >= 11 is 0. The van der Waals surface area contributed by atoms with Gasteiger partial charge in [-0.1, -0.05) is 30.3 Å². The molecule has 0 aliphatic carbocycles. The van der Waals surface area contributed by atoms with E-state index in [1.807, 2.05) is 30.3 Å². The minimum absolute atomic E-state index is 0.423. The SMILES string of the molecule is [O-]Nc1ccc(OCc2ccccc2)nc1. The van der Waals surface area contributed by atoms with E-state index in [0.717, 1.165) is 5.56 Å². The number of ether oxygens (including phenoxy) is 1. The minimum Gasteiger partial charge on any atom is -0.761 e. The summed E-state index contributed by atoms with van der Waals surface area (Å²) in [6.45, 7) is 0.470. The zero-order valence-corrected chi connectivity index (χ0v) is 8.59. The van der Waals surface area contributed by atoms with Gasteiger partial charge in [0.2, 0.25) is 5.88 Å². The maximum atomic E-state index is 10.3. The largest absolute Gasteiger partial charge is 0.761 e. The Hall–Kier alpha value is -2.07. The monoisotopic (exact) mass is 215 g/mol. The lowest BCUT2D eigenvalue weighted by Gasteiger charge is -2.09. The highest BCUT2D eigenvalue weighted by molar-refractivity contribution is 5.42. The van der Waals surface area contributed by atoms with Crippen LogP contribution in [0.5, 0.6) is 5.88 Å². The van der Waals surface area contributed by atoms with Crippen LogP contribution in [0.25, 0.3) is 0 Å². The van der Waals surface area contributed by atoms with Crippen molar-refractivity contribution in [1.82, 2.24) is 4.98 Å². The molecule has 0 aliphatic heterocycles. The molecule has 82 valence electrons. The molecule has 0 aliphatic rings. The molecule has 2 aromatic rings. The molecule has 1 N–H and O–H groups in total. The smallest absolute Gasteiger partial charge is 0.213 e. The molecular weight excluding hydrogens is 204 g/mol. The fourth-order valence-corrected chi connectivity index (χ4v) is 1.26. The van der Waals surface area contributed by atoms with Crippen LogP contribution < -0.4 is 10.2 Å². The Labute approximate surface area is 93.5 Å².